The second-order valence-electron chi connectivity index (χ2n) is 9.18. The van der Waals surface area contributed by atoms with Crippen LogP contribution in [0.1, 0.15) is 48.4 Å². The molecule has 0 fully saturated rings. The molecular formula is C29H24FN3O3S. The molecule has 6 nitrogen and oxygen atoms in total. The Labute approximate surface area is 217 Å². The van der Waals surface area contributed by atoms with Crippen molar-refractivity contribution in [3.05, 3.63) is 117 Å². The highest BCUT2D eigenvalue weighted by Crippen LogP contribution is 2.41. The van der Waals surface area contributed by atoms with E-state index in [4.69, 9.17) is 4.74 Å². The van der Waals surface area contributed by atoms with Gasteiger partial charge in [0.2, 0.25) is 0 Å². The van der Waals surface area contributed by atoms with E-state index in [2.05, 4.69) is 39.8 Å². The molecular weight excluding hydrogens is 489 g/mol. The lowest BCUT2D eigenvalue weighted by Gasteiger charge is -2.28. The summed E-state index contributed by atoms with van der Waals surface area (Å²) in [5.41, 5.74) is 4.03. The number of carbonyl (C=O) groups is 2. The van der Waals surface area contributed by atoms with Crippen molar-refractivity contribution in [1.29, 1.82) is 0 Å². The molecule has 0 spiro atoms. The quantitative estimate of drug-likeness (QED) is 0.272. The normalized spacial score (nSPS) is 16.8. The summed E-state index contributed by atoms with van der Waals surface area (Å²) in [6, 6.07) is 22.8. The predicted octanol–water partition coefficient (Wildman–Crippen LogP) is 5.52. The van der Waals surface area contributed by atoms with Gasteiger partial charge in [0.1, 0.15) is 22.7 Å². The van der Waals surface area contributed by atoms with Crippen molar-refractivity contribution in [2.45, 2.75) is 25.7 Å². The number of nitrogens with zero attached hydrogens (tertiary/aromatic N) is 1. The van der Waals surface area contributed by atoms with Crippen LogP contribution in [0.5, 0.6) is 5.75 Å². The number of nitrogens with one attached hydrogen (secondary N) is 2. The fourth-order valence-electron chi connectivity index (χ4n) is 4.85. The third-order valence-corrected chi connectivity index (χ3v) is 7.77. The van der Waals surface area contributed by atoms with Gasteiger partial charge in [0.05, 0.1) is 11.1 Å². The summed E-state index contributed by atoms with van der Waals surface area (Å²) in [6.45, 7) is 2.60. The maximum absolute atomic E-state index is 13.5. The zero-order chi connectivity index (χ0) is 25.4. The van der Waals surface area contributed by atoms with Crippen LogP contribution in [0.4, 0.5) is 9.39 Å². The molecule has 0 unspecified atom stereocenters. The average Bonchev–Trinajstić information content (AvgIpc) is 3.27. The summed E-state index contributed by atoms with van der Waals surface area (Å²) in [4.78, 5) is 29.2. The molecule has 1 amide bonds. The largest absolute Gasteiger partial charge is 0.423 e. The lowest BCUT2D eigenvalue weighted by molar-refractivity contribution is 0.0733. The number of anilines is 1. The van der Waals surface area contributed by atoms with Crippen LogP contribution in [0, 0.1) is 5.82 Å². The molecule has 0 saturated heterocycles. The second-order valence-corrected chi connectivity index (χ2v) is 10.3. The summed E-state index contributed by atoms with van der Waals surface area (Å²) < 4.78 is 18.9. The van der Waals surface area contributed by atoms with E-state index in [1.54, 1.807) is 29.5 Å². The van der Waals surface area contributed by atoms with Crippen LogP contribution < -0.4 is 15.4 Å². The third kappa shape index (κ3) is 4.85. The molecule has 2 aliphatic heterocycles. The number of halogens is 1. The van der Waals surface area contributed by atoms with Gasteiger partial charge >= 0.3 is 5.97 Å². The fourth-order valence-corrected chi connectivity index (χ4v) is 6.17. The molecule has 3 heterocycles. The van der Waals surface area contributed by atoms with Gasteiger partial charge in [-0.3, -0.25) is 9.69 Å². The monoisotopic (exact) mass is 513 g/mol. The first-order chi connectivity index (χ1) is 18.0. The summed E-state index contributed by atoms with van der Waals surface area (Å²) in [6.07, 6.45) is 0.368. The van der Waals surface area contributed by atoms with Gasteiger partial charge in [-0.15, -0.1) is 11.3 Å². The minimum atomic E-state index is -0.648. The molecule has 6 rings (SSSR count). The van der Waals surface area contributed by atoms with Gasteiger partial charge in [0.25, 0.3) is 5.91 Å². The molecule has 186 valence electrons. The van der Waals surface area contributed by atoms with Crippen molar-refractivity contribution in [2.75, 3.05) is 11.9 Å². The predicted molar refractivity (Wildman–Crippen MR) is 140 cm³/mol. The maximum Gasteiger partial charge on any atom is 0.343 e. The van der Waals surface area contributed by atoms with Crippen LogP contribution in [-0.2, 0) is 19.5 Å². The zero-order valence-electron chi connectivity index (χ0n) is 19.9. The van der Waals surface area contributed by atoms with Crippen molar-refractivity contribution in [2.24, 2.45) is 0 Å². The molecule has 3 aromatic carbocycles. The Morgan fingerprint density at radius 2 is 1.86 bits per heavy atom. The number of ether oxygens (including phenoxy) is 1. The first kappa shape index (κ1) is 23.4. The van der Waals surface area contributed by atoms with Gasteiger partial charge < -0.3 is 15.4 Å². The first-order valence-corrected chi connectivity index (χ1v) is 12.9. The smallest absolute Gasteiger partial charge is 0.343 e. The standard InChI is InChI=1S/C29H24FN3O3S/c30-21-10-4-9-20(14-21)29(35)36-22-11-5-8-19(15-22)26-31-27(34)25-23-12-13-33(16-18-6-2-1-3-7-18)17-24(23)37-28(25)32-26/h1-11,14-15,26,32H,12-13,16-17H2,(H,31,34)/t26-/m0/s1. The van der Waals surface area contributed by atoms with Crippen LogP contribution in [-0.4, -0.2) is 23.3 Å². The number of carbonyl (C=O) groups excluding carboxylic acids is 2. The summed E-state index contributed by atoms with van der Waals surface area (Å²) in [7, 11) is 0. The number of rotatable bonds is 5. The molecule has 0 saturated carbocycles. The molecule has 0 bridgehead atoms. The third-order valence-electron chi connectivity index (χ3n) is 6.63. The molecule has 4 aromatic rings. The number of esters is 1. The fraction of sp³-hybridized carbons (Fsp3) is 0.172. The van der Waals surface area contributed by atoms with Crippen LogP contribution in [0.25, 0.3) is 0 Å². The Bertz CT molecular complexity index is 1490. The van der Waals surface area contributed by atoms with Gasteiger partial charge in [0.15, 0.2) is 0 Å². The van der Waals surface area contributed by atoms with Gasteiger partial charge in [-0.25, -0.2) is 9.18 Å². The number of hydrogen-bond acceptors (Lipinski definition) is 6. The van der Waals surface area contributed by atoms with Crippen molar-refractivity contribution in [3.63, 3.8) is 0 Å². The number of thiophene rings is 1. The minimum absolute atomic E-state index is 0.102. The Balaban J connectivity index is 1.18. The highest BCUT2D eigenvalue weighted by Gasteiger charge is 2.33. The molecule has 1 atom stereocenters. The van der Waals surface area contributed by atoms with Crippen molar-refractivity contribution >= 4 is 28.2 Å². The van der Waals surface area contributed by atoms with Crippen LogP contribution >= 0.6 is 11.3 Å². The summed E-state index contributed by atoms with van der Waals surface area (Å²) in [5.74, 6) is -0.939. The lowest BCUT2D eigenvalue weighted by atomic mass is 10.00. The Kier molecular flexibility index (Phi) is 6.20. The number of fused-ring (bicyclic) bond motifs is 3. The zero-order valence-corrected chi connectivity index (χ0v) is 20.7. The SMILES string of the molecule is O=C(Oc1cccc([C@H]2NC(=O)c3c(sc4c3CCN(Cc3ccccc3)C4)N2)c1)c1cccc(F)c1. The van der Waals surface area contributed by atoms with Crippen molar-refractivity contribution in [1.82, 2.24) is 10.2 Å². The molecule has 37 heavy (non-hydrogen) atoms. The van der Waals surface area contributed by atoms with Crippen molar-refractivity contribution < 1.29 is 18.7 Å². The van der Waals surface area contributed by atoms with E-state index < -0.39 is 18.0 Å². The van der Waals surface area contributed by atoms with E-state index in [1.165, 1.54) is 28.6 Å². The first-order valence-electron chi connectivity index (χ1n) is 12.1. The topological polar surface area (TPSA) is 70.7 Å². The summed E-state index contributed by atoms with van der Waals surface area (Å²) in [5, 5.41) is 7.38. The van der Waals surface area contributed by atoms with E-state index in [9.17, 15) is 14.0 Å². The lowest BCUT2D eigenvalue weighted by Crippen LogP contribution is -2.38. The van der Waals surface area contributed by atoms with E-state index in [-0.39, 0.29) is 11.5 Å². The highest BCUT2D eigenvalue weighted by molar-refractivity contribution is 7.16. The molecule has 1 aromatic heterocycles. The van der Waals surface area contributed by atoms with Gasteiger partial charge in [-0.1, -0.05) is 48.5 Å². The van der Waals surface area contributed by atoms with E-state index in [0.717, 1.165) is 53.8 Å². The summed E-state index contributed by atoms with van der Waals surface area (Å²) >= 11 is 1.63. The van der Waals surface area contributed by atoms with Crippen LogP contribution in [0.2, 0.25) is 0 Å². The van der Waals surface area contributed by atoms with Crippen molar-refractivity contribution in [3.8, 4) is 5.75 Å². The molecule has 0 aliphatic carbocycles. The van der Waals surface area contributed by atoms with E-state index in [0.29, 0.717) is 5.75 Å². The number of benzene rings is 3. The molecule has 2 aliphatic rings. The van der Waals surface area contributed by atoms with Crippen LogP contribution in [0.3, 0.4) is 0 Å². The number of amides is 1. The van der Waals surface area contributed by atoms with E-state index in [1.807, 2.05) is 12.1 Å². The van der Waals surface area contributed by atoms with Gasteiger partial charge in [-0.05, 0) is 53.4 Å². The maximum atomic E-state index is 13.5. The average molecular weight is 514 g/mol. The second kappa shape index (κ2) is 9.80. The van der Waals surface area contributed by atoms with Gasteiger partial charge in [-0.2, -0.15) is 0 Å². The Hall–Kier alpha value is -4.01. The molecule has 0 radical (unpaired) electrons. The Morgan fingerprint density at radius 3 is 2.70 bits per heavy atom. The molecule has 8 heteroatoms. The number of hydrogen-bond donors (Lipinski definition) is 2. The van der Waals surface area contributed by atoms with Gasteiger partial charge in [0, 0.05) is 24.5 Å². The highest BCUT2D eigenvalue weighted by atomic mass is 32.1. The van der Waals surface area contributed by atoms with E-state index >= 15 is 0 Å². The Morgan fingerprint density at radius 1 is 1.03 bits per heavy atom. The minimum Gasteiger partial charge on any atom is -0.423 e. The van der Waals surface area contributed by atoms with Crippen LogP contribution in [0.15, 0.2) is 78.9 Å². The molecule has 2 N–H and O–H groups in total.